The van der Waals surface area contributed by atoms with Crippen LogP contribution in [0.15, 0.2) is 12.7 Å². The Kier molecular flexibility index (Phi) is 21.8. The van der Waals surface area contributed by atoms with E-state index in [4.69, 9.17) is 46.0 Å². The van der Waals surface area contributed by atoms with Crippen molar-refractivity contribution >= 4 is 12.4 Å². The first-order chi connectivity index (χ1) is 17.0. The van der Waals surface area contributed by atoms with Crippen molar-refractivity contribution in [3.8, 4) is 0 Å². The van der Waals surface area contributed by atoms with E-state index in [1.807, 2.05) is 41.5 Å². The molecule has 2 aromatic rings. The Labute approximate surface area is 253 Å². The molecule has 0 aliphatic rings. The topological polar surface area (TPSA) is 312 Å². The van der Waals surface area contributed by atoms with Crippen LogP contribution in [0.5, 0.6) is 0 Å². The fourth-order valence-electron chi connectivity index (χ4n) is 1.42. The Balaban J connectivity index is -0.000000220. The number of aryl methyl sites for hydroxylation is 2. The third kappa shape index (κ3) is 27.0. The number of hydrogen-bond donors (Lipinski definition) is 0. The van der Waals surface area contributed by atoms with Crippen LogP contribution in [0.4, 0.5) is 0 Å². The first-order valence-electron chi connectivity index (χ1n) is 9.77. The van der Waals surface area contributed by atoms with Gasteiger partial charge in [0.1, 0.15) is 12.7 Å². The van der Waals surface area contributed by atoms with Crippen LogP contribution in [-0.2, 0) is 14.1 Å². The van der Waals surface area contributed by atoms with E-state index >= 15 is 0 Å². The summed E-state index contributed by atoms with van der Waals surface area (Å²) < 4.78 is 5.13. The molecule has 2 aromatic heterocycles. The quantitative estimate of drug-likeness (QED) is 0.134. The van der Waals surface area contributed by atoms with E-state index in [-0.39, 0.29) is 39.9 Å². The molecular formula is C16H28GdN11O11. The van der Waals surface area contributed by atoms with E-state index < -0.39 is 26.3 Å². The average molecular weight is 708 g/mol. The van der Waals surface area contributed by atoms with Crippen LogP contribution >= 0.6 is 0 Å². The van der Waals surface area contributed by atoms with Gasteiger partial charge in [-0.05, 0) is 0 Å². The predicted octanol–water partition coefficient (Wildman–Crippen LogP) is 0.368. The van der Waals surface area contributed by atoms with Gasteiger partial charge in [0.2, 0.25) is 24.1 Å². The van der Waals surface area contributed by atoms with Gasteiger partial charge < -0.3 is 65.5 Å². The zero-order valence-corrected chi connectivity index (χ0v) is 24.3. The fraction of sp³-hybridized carbons (Fsp3) is 0.625. The molecular weight excluding hydrogens is 679 g/mol. The van der Waals surface area contributed by atoms with E-state index in [1.165, 1.54) is 12.4 Å². The van der Waals surface area contributed by atoms with E-state index in [1.54, 1.807) is 35.9 Å². The minimum atomic E-state index is -1.75. The van der Waals surface area contributed by atoms with Crippen LogP contribution in [0.3, 0.4) is 0 Å². The van der Waals surface area contributed by atoms with E-state index in [0.717, 1.165) is 9.48 Å². The summed E-state index contributed by atoms with van der Waals surface area (Å²) >= 11 is 0. The summed E-state index contributed by atoms with van der Waals surface area (Å²) in [6.07, 6.45) is 5.99. The SMILES string of the molecule is Cn1cnnc1/C=[N+](\[O-])C(C)(C)C.Cn1cnnc1/C=[N+](\[O-])C(C)(C)C.O=[N+]([O-])[O-].O=[N+]([O-])[O-].O=[N+]([O-])[O-].[Gd+3]. The largest absolute Gasteiger partial charge is 3.00 e. The summed E-state index contributed by atoms with van der Waals surface area (Å²) in [5, 5.41) is 82.1. The number of hydrogen-bond acceptors (Lipinski definition) is 15. The van der Waals surface area contributed by atoms with E-state index in [0.29, 0.717) is 11.6 Å². The minimum absolute atomic E-state index is 0. The maximum absolute atomic E-state index is 11.5. The summed E-state index contributed by atoms with van der Waals surface area (Å²) in [5.41, 5.74) is -0.877. The van der Waals surface area contributed by atoms with Gasteiger partial charge in [0.05, 0.1) is 15.3 Å². The van der Waals surface area contributed by atoms with Crippen molar-refractivity contribution in [2.24, 2.45) is 14.1 Å². The molecule has 0 fully saturated rings. The Morgan fingerprint density at radius 1 is 0.615 bits per heavy atom. The summed E-state index contributed by atoms with van der Waals surface area (Å²) in [6, 6.07) is 0. The smallest absolute Gasteiger partial charge is 0.623 e. The first-order valence-corrected chi connectivity index (χ1v) is 9.77. The second-order valence-corrected chi connectivity index (χ2v) is 8.52. The zero-order chi connectivity index (χ0) is 30.9. The summed E-state index contributed by atoms with van der Waals surface area (Å²) in [6.45, 7) is 11.0. The predicted molar refractivity (Wildman–Crippen MR) is 130 cm³/mol. The third-order valence-electron chi connectivity index (χ3n) is 3.28. The molecule has 0 bridgehead atoms. The van der Waals surface area contributed by atoms with E-state index in [9.17, 15) is 10.4 Å². The molecule has 0 N–H and O–H groups in total. The van der Waals surface area contributed by atoms with Crippen molar-refractivity contribution in [3.63, 3.8) is 0 Å². The molecule has 1 radical (unpaired) electrons. The van der Waals surface area contributed by atoms with Gasteiger partial charge in [-0.25, -0.2) is 9.48 Å². The molecule has 0 spiro atoms. The van der Waals surface area contributed by atoms with Gasteiger partial charge in [-0.1, -0.05) is 0 Å². The number of nitrogens with zero attached hydrogens (tertiary/aromatic N) is 11. The number of hydroxylamine groups is 2. The molecule has 0 saturated carbocycles. The minimum Gasteiger partial charge on any atom is -0.623 e. The molecule has 2 heterocycles. The van der Waals surface area contributed by atoms with Gasteiger partial charge in [-0.15, -0.1) is 20.4 Å². The van der Waals surface area contributed by atoms with Gasteiger partial charge >= 0.3 is 39.9 Å². The van der Waals surface area contributed by atoms with E-state index in [2.05, 4.69) is 20.4 Å². The molecule has 39 heavy (non-hydrogen) atoms. The Hall–Kier alpha value is -3.86. The first kappa shape index (κ1) is 42.2. The Bertz CT molecular complexity index is 966. The van der Waals surface area contributed by atoms with Crippen molar-refractivity contribution in [1.29, 1.82) is 0 Å². The van der Waals surface area contributed by atoms with Crippen molar-refractivity contribution in [2.45, 2.75) is 52.6 Å². The Morgan fingerprint density at radius 2 is 0.821 bits per heavy atom. The summed E-state index contributed by atoms with van der Waals surface area (Å²) in [7, 11) is 3.59. The fourth-order valence-corrected chi connectivity index (χ4v) is 1.42. The normalized spacial score (nSPS) is 10.8. The molecule has 0 saturated heterocycles. The summed E-state index contributed by atoms with van der Waals surface area (Å²) in [4.78, 5) is 24.8. The van der Waals surface area contributed by atoms with Gasteiger partial charge in [-0.3, -0.25) is 0 Å². The van der Waals surface area contributed by atoms with Crippen LogP contribution < -0.4 is 0 Å². The van der Waals surface area contributed by atoms with Gasteiger partial charge in [0.25, 0.3) is 0 Å². The average Bonchev–Trinajstić information content (AvgIpc) is 3.27. The molecule has 23 heteroatoms. The van der Waals surface area contributed by atoms with Gasteiger partial charge in [0.15, 0.2) is 11.1 Å². The molecule has 2 rings (SSSR count). The van der Waals surface area contributed by atoms with Crippen molar-refractivity contribution in [2.75, 3.05) is 0 Å². The number of rotatable bonds is 2. The van der Waals surface area contributed by atoms with Crippen LogP contribution in [0.2, 0.25) is 0 Å². The molecule has 0 atom stereocenters. The van der Waals surface area contributed by atoms with Crippen molar-refractivity contribution < 1.29 is 64.7 Å². The molecule has 0 aliphatic heterocycles. The van der Waals surface area contributed by atoms with Crippen LogP contribution in [0, 0.1) is 96.3 Å². The molecule has 0 amide bonds. The van der Waals surface area contributed by atoms with Crippen LogP contribution in [-0.4, -0.2) is 77.8 Å². The van der Waals surface area contributed by atoms with Crippen LogP contribution in [0.25, 0.3) is 0 Å². The maximum Gasteiger partial charge on any atom is 3.00 e. The monoisotopic (exact) mass is 708 g/mol. The maximum atomic E-state index is 11.5. The van der Waals surface area contributed by atoms with Crippen molar-refractivity contribution in [3.05, 3.63) is 80.7 Å². The molecule has 0 aromatic carbocycles. The summed E-state index contributed by atoms with van der Waals surface area (Å²) in [5.74, 6) is 1.12. The van der Waals surface area contributed by atoms with Crippen molar-refractivity contribution in [1.82, 2.24) is 29.5 Å². The standard InChI is InChI=1S/2C8H14N4O.Gd.3NO3/c2*1-8(2,3)12(13)5-7-10-9-6-11(7)4;;3*2-1(3)4/h2*5-6H,1-4H3;;;;/q;;+3;3*-1/b2*12-5-;;;;. The molecule has 0 unspecified atom stereocenters. The van der Waals surface area contributed by atoms with Crippen LogP contribution in [0.1, 0.15) is 53.2 Å². The van der Waals surface area contributed by atoms with Gasteiger partial charge in [0, 0.05) is 55.6 Å². The molecule has 22 nitrogen and oxygen atoms in total. The second-order valence-electron chi connectivity index (χ2n) is 8.52. The zero-order valence-electron chi connectivity index (χ0n) is 22.1. The molecule has 0 aliphatic carbocycles. The Morgan fingerprint density at radius 3 is 0.949 bits per heavy atom. The van der Waals surface area contributed by atoms with Gasteiger partial charge in [-0.2, -0.15) is 0 Å². The number of aromatic nitrogens is 6. The second kappa shape index (κ2) is 20.2. The molecule has 221 valence electrons. The third-order valence-corrected chi connectivity index (χ3v) is 3.28.